The number of carbonyl (C=O) groups excluding carboxylic acids is 2. The normalized spacial score (nSPS) is 10.6. The molecule has 0 unspecified atom stereocenters. The second-order valence-corrected chi connectivity index (χ2v) is 7.31. The average Bonchev–Trinajstić information content (AvgIpc) is 3.13. The molecule has 0 spiro atoms. The molecule has 2 aromatic carbocycles. The molecule has 1 aromatic heterocycles. The van der Waals surface area contributed by atoms with Gasteiger partial charge in [-0.15, -0.1) is 10.2 Å². The zero-order valence-electron chi connectivity index (χ0n) is 15.9. The molecule has 7 nitrogen and oxygen atoms in total. The lowest BCUT2D eigenvalue weighted by atomic mass is 10.1. The van der Waals surface area contributed by atoms with E-state index < -0.39 is 5.97 Å². The van der Waals surface area contributed by atoms with E-state index in [-0.39, 0.29) is 5.91 Å². The van der Waals surface area contributed by atoms with Gasteiger partial charge in [-0.1, -0.05) is 47.6 Å². The standard InChI is InChI=1S/C20H19ClN4O3S/c1-3-25-19(22-17(26)13-8-6-9-14(11-13)18(27)28-2)23-24-20(25)29-12-15-7-4-5-10-16(15)21/h4-11H,3,12H2,1-2H3,(H,22,23,26). The van der Waals surface area contributed by atoms with E-state index in [0.29, 0.717) is 39.6 Å². The highest BCUT2D eigenvalue weighted by Crippen LogP contribution is 2.27. The molecular formula is C20H19ClN4O3S. The number of halogens is 1. The lowest BCUT2D eigenvalue weighted by Gasteiger charge is -2.09. The predicted molar refractivity (Wildman–Crippen MR) is 112 cm³/mol. The first kappa shape index (κ1) is 20.9. The topological polar surface area (TPSA) is 86.1 Å². The molecular weight excluding hydrogens is 412 g/mol. The van der Waals surface area contributed by atoms with Crippen LogP contribution in [0.25, 0.3) is 0 Å². The fraction of sp³-hybridized carbons (Fsp3) is 0.200. The number of hydrogen-bond donors (Lipinski definition) is 1. The number of nitrogens with zero attached hydrogens (tertiary/aromatic N) is 3. The summed E-state index contributed by atoms with van der Waals surface area (Å²) in [5.74, 6) is 0.0743. The van der Waals surface area contributed by atoms with E-state index in [9.17, 15) is 9.59 Å². The maximum Gasteiger partial charge on any atom is 0.337 e. The first-order valence-electron chi connectivity index (χ1n) is 8.82. The number of rotatable bonds is 7. The monoisotopic (exact) mass is 430 g/mol. The average molecular weight is 431 g/mol. The number of carbonyl (C=O) groups is 2. The Morgan fingerprint density at radius 2 is 1.90 bits per heavy atom. The molecule has 0 aliphatic heterocycles. The third-order valence-electron chi connectivity index (χ3n) is 4.12. The number of benzene rings is 2. The molecule has 1 N–H and O–H groups in total. The van der Waals surface area contributed by atoms with Crippen molar-refractivity contribution in [2.24, 2.45) is 0 Å². The van der Waals surface area contributed by atoms with Gasteiger partial charge in [-0.3, -0.25) is 14.7 Å². The molecule has 0 saturated carbocycles. The number of methoxy groups -OCH3 is 1. The summed E-state index contributed by atoms with van der Waals surface area (Å²) in [4.78, 5) is 24.3. The van der Waals surface area contributed by atoms with Crippen LogP contribution in [0.1, 0.15) is 33.2 Å². The molecule has 0 bridgehead atoms. The Labute approximate surface area is 177 Å². The first-order chi connectivity index (χ1) is 14.0. The molecule has 150 valence electrons. The van der Waals surface area contributed by atoms with Crippen molar-refractivity contribution in [3.63, 3.8) is 0 Å². The minimum absolute atomic E-state index is 0.299. The predicted octanol–water partition coefficient (Wildman–Crippen LogP) is 4.28. The van der Waals surface area contributed by atoms with Crippen LogP contribution in [-0.4, -0.2) is 33.8 Å². The van der Waals surface area contributed by atoms with Gasteiger partial charge < -0.3 is 4.74 Å². The third-order valence-corrected chi connectivity index (χ3v) is 5.50. The van der Waals surface area contributed by atoms with Crippen LogP contribution in [0.3, 0.4) is 0 Å². The summed E-state index contributed by atoms with van der Waals surface area (Å²) in [6.07, 6.45) is 0. The zero-order valence-corrected chi connectivity index (χ0v) is 17.5. The number of hydrogen-bond acceptors (Lipinski definition) is 6. The van der Waals surface area contributed by atoms with E-state index in [1.54, 1.807) is 18.2 Å². The van der Waals surface area contributed by atoms with E-state index in [4.69, 9.17) is 16.3 Å². The molecule has 3 rings (SSSR count). The number of nitrogens with one attached hydrogen (secondary N) is 1. The van der Waals surface area contributed by atoms with Gasteiger partial charge in [-0.05, 0) is 36.8 Å². The number of aromatic nitrogens is 3. The number of ether oxygens (including phenoxy) is 1. The van der Waals surface area contributed by atoms with E-state index in [1.807, 2.05) is 35.8 Å². The summed E-state index contributed by atoms with van der Waals surface area (Å²) < 4.78 is 6.50. The van der Waals surface area contributed by atoms with Crippen molar-refractivity contribution < 1.29 is 14.3 Å². The lowest BCUT2D eigenvalue weighted by molar-refractivity contribution is 0.0600. The Bertz CT molecular complexity index is 1040. The summed E-state index contributed by atoms with van der Waals surface area (Å²) in [7, 11) is 1.29. The molecule has 0 aliphatic rings. The molecule has 0 saturated heterocycles. The van der Waals surface area contributed by atoms with Gasteiger partial charge in [0.25, 0.3) is 5.91 Å². The Morgan fingerprint density at radius 1 is 1.14 bits per heavy atom. The van der Waals surface area contributed by atoms with E-state index >= 15 is 0 Å². The zero-order chi connectivity index (χ0) is 20.8. The van der Waals surface area contributed by atoms with Gasteiger partial charge in [0.1, 0.15) is 0 Å². The minimum atomic E-state index is -0.505. The molecule has 29 heavy (non-hydrogen) atoms. The van der Waals surface area contributed by atoms with Crippen LogP contribution >= 0.6 is 23.4 Å². The second-order valence-electron chi connectivity index (χ2n) is 5.96. The van der Waals surface area contributed by atoms with Gasteiger partial charge in [0.15, 0.2) is 5.16 Å². The summed E-state index contributed by atoms with van der Waals surface area (Å²) in [5.41, 5.74) is 1.62. The van der Waals surface area contributed by atoms with Crippen molar-refractivity contribution in [3.8, 4) is 0 Å². The van der Waals surface area contributed by atoms with E-state index in [1.165, 1.54) is 24.9 Å². The van der Waals surface area contributed by atoms with Crippen LogP contribution in [0.4, 0.5) is 5.95 Å². The fourth-order valence-corrected chi connectivity index (χ4v) is 3.90. The largest absolute Gasteiger partial charge is 0.465 e. The summed E-state index contributed by atoms with van der Waals surface area (Å²) in [6, 6.07) is 13.9. The molecule has 1 heterocycles. The minimum Gasteiger partial charge on any atom is -0.465 e. The highest BCUT2D eigenvalue weighted by Gasteiger charge is 2.16. The molecule has 9 heteroatoms. The van der Waals surface area contributed by atoms with E-state index in [2.05, 4.69) is 15.5 Å². The number of thioether (sulfide) groups is 1. The molecule has 0 radical (unpaired) electrons. The van der Waals surface area contributed by atoms with E-state index in [0.717, 1.165) is 5.56 Å². The van der Waals surface area contributed by atoms with Crippen LogP contribution in [0.2, 0.25) is 5.02 Å². The van der Waals surface area contributed by atoms with Gasteiger partial charge in [-0.2, -0.15) is 0 Å². The van der Waals surface area contributed by atoms with Crippen LogP contribution in [0.5, 0.6) is 0 Å². The second kappa shape index (κ2) is 9.58. The van der Waals surface area contributed by atoms with Crippen LogP contribution in [0.15, 0.2) is 53.7 Å². The molecule has 0 aliphatic carbocycles. The molecule has 1 amide bonds. The Kier molecular flexibility index (Phi) is 6.90. The van der Waals surface area contributed by atoms with Crippen molar-refractivity contribution >= 4 is 41.2 Å². The third kappa shape index (κ3) is 4.96. The Balaban J connectivity index is 1.74. The summed E-state index contributed by atoms with van der Waals surface area (Å²) >= 11 is 7.69. The maximum atomic E-state index is 12.6. The van der Waals surface area contributed by atoms with Gasteiger partial charge in [0.2, 0.25) is 5.95 Å². The molecule has 0 atom stereocenters. The van der Waals surface area contributed by atoms with Gasteiger partial charge in [-0.25, -0.2) is 4.79 Å². The van der Waals surface area contributed by atoms with Crippen molar-refractivity contribution in [3.05, 3.63) is 70.2 Å². The molecule has 0 fully saturated rings. The van der Waals surface area contributed by atoms with Gasteiger partial charge >= 0.3 is 5.97 Å². The number of amides is 1. The van der Waals surface area contributed by atoms with Gasteiger partial charge in [0, 0.05) is 22.9 Å². The first-order valence-corrected chi connectivity index (χ1v) is 10.2. The quantitative estimate of drug-likeness (QED) is 0.444. The van der Waals surface area contributed by atoms with Crippen LogP contribution in [0, 0.1) is 0 Å². The number of esters is 1. The highest BCUT2D eigenvalue weighted by atomic mass is 35.5. The van der Waals surface area contributed by atoms with Crippen molar-refractivity contribution in [2.45, 2.75) is 24.4 Å². The van der Waals surface area contributed by atoms with Crippen molar-refractivity contribution in [1.82, 2.24) is 14.8 Å². The Morgan fingerprint density at radius 3 is 2.62 bits per heavy atom. The van der Waals surface area contributed by atoms with Crippen LogP contribution in [-0.2, 0) is 17.0 Å². The lowest BCUT2D eigenvalue weighted by Crippen LogP contribution is -2.16. The summed E-state index contributed by atoms with van der Waals surface area (Å²) in [6.45, 7) is 2.52. The number of anilines is 1. The van der Waals surface area contributed by atoms with Crippen molar-refractivity contribution in [2.75, 3.05) is 12.4 Å². The maximum absolute atomic E-state index is 12.6. The SMILES string of the molecule is CCn1c(NC(=O)c2cccc(C(=O)OC)c2)nnc1SCc1ccccc1Cl. The van der Waals surface area contributed by atoms with Crippen molar-refractivity contribution in [1.29, 1.82) is 0 Å². The van der Waals surface area contributed by atoms with Gasteiger partial charge in [0.05, 0.1) is 12.7 Å². The van der Waals surface area contributed by atoms with Crippen LogP contribution < -0.4 is 5.32 Å². The smallest absolute Gasteiger partial charge is 0.337 e. The Hall–Kier alpha value is -2.84. The fourth-order valence-electron chi connectivity index (χ4n) is 2.61. The summed E-state index contributed by atoms with van der Waals surface area (Å²) in [5, 5.41) is 12.4. The molecule has 3 aromatic rings. The highest BCUT2D eigenvalue weighted by molar-refractivity contribution is 7.98.